The Morgan fingerprint density at radius 2 is 2.09 bits per heavy atom. The molecule has 0 radical (unpaired) electrons. The second kappa shape index (κ2) is 7.98. The number of nitrogens with zero attached hydrogens (tertiary/aromatic N) is 1. The van der Waals surface area contributed by atoms with E-state index >= 15 is 0 Å². The molecule has 0 bridgehead atoms. The second-order valence-corrected chi connectivity index (χ2v) is 7.00. The molecular formula is C19H31NO2. The number of piperidine rings is 1. The summed E-state index contributed by atoms with van der Waals surface area (Å²) in [7, 11) is 0. The molecular weight excluding hydrogens is 274 g/mol. The van der Waals surface area contributed by atoms with Crippen LogP contribution in [-0.2, 0) is 0 Å². The van der Waals surface area contributed by atoms with Crippen LogP contribution in [0.15, 0.2) is 18.2 Å². The lowest BCUT2D eigenvalue weighted by molar-refractivity contribution is 0.0435. The van der Waals surface area contributed by atoms with Gasteiger partial charge in [-0.05, 0) is 56.3 Å². The molecule has 0 saturated carbocycles. The molecule has 1 aromatic carbocycles. The first kappa shape index (κ1) is 17.3. The minimum Gasteiger partial charge on any atom is -0.491 e. The van der Waals surface area contributed by atoms with E-state index in [9.17, 15) is 5.11 Å². The third-order valence-electron chi connectivity index (χ3n) is 4.61. The lowest BCUT2D eigenvalue weighted by atomic mass is 10.0. The monoisotopic (exact) mass is 305 g/mol. The molecule has 1 aromatic rings. The van der Waals surface area contributed by atoms with E-state index in [1.165, 1.54) is 30.4 Å². The van der Waals surface area contributed by atoms with Crippen LogP contribution in [0, 0.1) is 6.92 Å². The maximum Gasteiger partial charge on any atom is 0.123 e. The van der Waals surface area contributed by atoms with Gasteiger partial charge in [0.15, 0.2) is 0 Å². The number of hydrogen-bond acceptors (Lipinski definition) is 3. The predicted octanol–water partition coefficient (Wildman–Crippen LogP) is 3.73. The van der Waals surface area contributed by atoms with E-state index in [2.05, 4.69) is 50.8 Å². The number of aryl methyl sites for hydroxylation is 1. The van der Waals surface area contributed by atoms with Gasteiger partial charge in [-0.15, -0.1) is 0 Å². The minimum atomic E-state index is -0.430. The number of aliphatic hydroxyl groups excluding tert-OH is 1. The molecule has 1 N–H and O–H groups in total. The van der Waals surface area contributed by atoms with Crippen molar-refractivity contribution in [3.05, 3.63) is 29.3 Å². The van der Waals surface area contributed by atoms with Crippen LogP contribution in [0.2, 0.25) is 0 Å². The van der Waals surface area contributed by atoms with Gasteiger partial charge in [-0.25, -0.2) is 0 Å². The predicted molar refractivity (Wildman–Crippen MR) is 91.7 cm³/mol. The summed E-state index contributed by atoms with van der Waals surface area (Å²) in [4.78, 5) is 2.39. The zero-order chi connectivity index (χ0) is 16.1. The van der Waals surface area contributed by atoms with Crippen molar-refractivity contribution in [2.45, 2.75) is 65.0 Å². The second-order valence-electron chi connectivity index (χ2n) is 7.00. The van der Waals surface area contributed by atoms with Gasteiger partial charge < -0.3 is 9.84 Å². The average molecular weight is 305 g/mol. The molecule has 1 heterocycles. The highest BCUT2D eigenvalue weighted by atomic mass is 16.5. The molecule has 3 heteroatoms. The van der Waals surface area contributed by atoms with E-state index in [0.717, 1.165) is 12.3 Å². The Hall–Kier alpha value is -1.06. The topological polar surface area (TPSA) is 32.7 Å². The summed E-state index contributed by atoms with van der Waals surface area (Å²) in [6.07, 6.45) is 3.36. The molecule has 3 nitrogen and oxygen atoms in total. The van der Waals surface area contributed by atoms with Crippen molar-refractivity contribution in [3.8, 4) is 5.75 Å². The van der Waals surface area contributed by atoms with Crippen molar-refractivity contribution < 1.29 is 9.84 Å². The molecule has 2 atom stereocenters. The normalized spacial score (nSPS) is 21.1. The highest BCUT2D eigenvalue weighted by Crippen LogP contribution is 2.27. The third kappa shape index (κ3) is 4.72. The summed E-state index contributed by atoms with van der Waals surface area (Å²) in [5.74, 6) is 1.34. The third-order valence-corrected chi connectivity index (χ3v) is 4.61. The van der Waals surface area contributed by atoms with Gasteiger partial charge in [-0.2, -0.15) is 0 Å². The fourth-order valence-corrected chi connectivity index (χ4v) is 3.18. The maximum absolute atomic E-state index is 10.3. The van der Waals surface area contributed by atoms with Gasteiger partial charge in [0, 0.05) is 12.6 Å². The van der Waals surface area contributed by atoms with E-state index in [1.54, 1.807) is 0 Å². The molecule has 1 aliphatic rings. The first-order chi connectivity index (χ1) is 10.5. The molecule has 1 fully saturated rings. The van der Waals surface area contributed by atoms with Crippen molar-refractivity contribution in [3.63, 3.8) is 0 Å². The number of hydrogen-bond donors (Lipinski definition) is 1. The molecule has 2 rings (SSSR count). The fourth-order valence-electron chi connectivity index (χ4n) is 3.18. The fraction of sp³-hybridized carbons (Fsp3) is 0.684. The van der Waals surface area contributed by atoms with E-state index in [4.69, 9.17) is 4.74 Å². The Balaban J connectivity index is 1.90. The van der Waals surface area contributed by atoms with Crippen molar-refractivity contribution in [2.75, 3.05) is 19.7 Å². The van der Waals surface area contributed by atoms with E-state index < -0.39 is 6.10 Å². The van der Waals surface area contributed by atoms with Crippen LogP contribution in [0.4, 0.5) is 0 Å². The molecule has 0 spiro atoms. The molecule has 1 aliphatic heterocycles. The lowest BCUT2D eigenvalue weighted by Gasteiger charge is -2.34. The van der Waals surface area contributed by atoms with Gasteiger partial charge in [0.25, 0.3) is 0 Å². The number of rotatable bonds is 6. The molecule has 0 amide bonds. The molecule has 0 aromatic heterocycles. The standard InChI is InChI=1S/C19H31NO2/c1-14(2)18-9-8-15(3)11-19(18)22-13-17(21)12-20-10-6-5-7-16(20)4/h8-9,11,14,16-17,21H,5-7,10,12-13H2,1-4H3/t16-,17+/m1/s1. The Bertz CT molecular complexity index is 473. The first-order valence-corrected chi connectivity index (χ1v) is 8.63. The summed E-state index contributed by atoms with van der Waals surface area (Å²) in [5.41, 5.74) is 2.41. The highest BCUT2D eigenvalue weighted by Gasteiger charge is 2.21. The van der Waals surface area contributed by atoms with Crippen molar-refractivity contribution in [1.29, 1.82) is 0 Å². The molecule has 22 heavy (non-hydrogen) atoms. The SMILES string of the molecule is Cc1ccc(C(C)C)c(OC[C@@H](O)CN2CCCC[C@H]2C)c1. The van der Waals surface area contributed by atoms with Crippen LogP contribution < -0.4 is 4.74 Å². The Labute approximate surface area is 135 Å². The summed E-state index contributed by atoms with van der Waals surface area (Å²) in [6, 6.07) is 6.90. The van der Waals surface area contributed by atoms with E-state index in [0.29, 0.717) is 25.1 Å². The minimum absolute atomic E-state index is 0.367. The van der Waals surface area contributed by atoms with Gasteiger partial charge in [0.05, 0.1) is 0 Å². The Morgan fingerprint density at radius 1 is 1.32 bits per heavy atom. The number of ether oxygens (including phenoxy) is 1. The van der Waals surface area contributed by atoms with Crippen LogP contribution in [0.3, 0.4) is 0 Å². The van der Waals surface area contributed by atoms with E-state index in [-0.39, 0.29) is 0 Å². The van der Waals surface area contributed by atoms with Crippen molar-refractivity contribution in [2.24, 2.45) is 0 Å². The molecule has 1 saturated heterocycles. The van der Waals surface area contributed by atoms with Crippen LogP contribution in [0.5, 0.6) is 5.75 Å². The lowest BCUT2D eigenvalue weighted by Crippen LogP contribution is -2.43. The van der Waals surface area contributed by atoms with Gasteiger partial charge in [-0.3, -0.25) is 4.90 Å². The van der Waals surface area contributed by atoms with Crippen molar-refractivity contribution in [1.82, 2.24) is 4.90 Å². The Kier molecular flexibility index (Phi) is 6.27. The number of benzene rings is 1. The van der Waals surface area contributed by atoms with Crippen LogP contribution in [-0.4, -0.2) is 41.8 Å². The maximum atomic E-state index is 10.3. The molecule has 0 unspecified atom stereocenters. The zero-order valence-electron chi connectivity index (χ0n) is 14.5. The molecule has 124 valence electrons. The summed E-state index contributed by atoms with van der Waals surface area (Å²) < 4.78 is 5.94. The largest absolute Gasteiger partial charge is 0.491 e. The van der Waals surface area contributed by atoms with Gasteiger partial charge >= 0.3 is 0 Å². The van der Waals surface area contributed by atoms with Gasteiger partial charge in [-0.1, -0.05) is 32.4 Å². The smallest absolute Gasteiger partial charge is 0.123 e. The van der Waals surface area contributed by atoms with Crippen LogP contribution in [0.25, 0.3) is 0 Å². The number of likely N-dealkylation sites (tertiary alicyclic amines) is 1. The van der Waals surface area contributed by atoms with E-state index in [1.807, 2.05) is 0 Å². The quantitative estimate of drug-likeness (QED) is 0.869. The number of β-amino-alcohol motifs (C(OH)–C–C–N with tert-alkyl or cyclic N) is 1. The summed E-state index contributed by atoms with van der Waals surface area (Å²) >= 11 is 0. The van der Waals surface area contributed by atoms with Gasteiger partial charge in [0.1, 0.15) is 18.5 Å². The molecule has 0 aliphatic carbocycles. The first-order valence-electron chi connectivity index (χ1n) is 8.63. The van der Waals surface area contributed by atoms with Crippen LogP contribution in [0.1, 0.15) is 57.1 Å². The average Bonchev–Trinajstić information content (AvgIpc) is 2.47. The number of aliphatic hydroxyl groups is 1. The van der Waals surface area contributed by atoms with Crippen molar-refractivity contribution >= 4 is 0 Å². The Morgan fingerprint density at radius 3 is 2.77 bits per heavy atom. The van der Waals surface area contributed by atoms with Gasteiger partial charge in [0.2, 0.25) is 0 Å². The summed E-state index contributed by atoms with van der Waals surface area (Å²) in [6.45, 7) is 10.8. The summed E-state index contributed by atoms with van der Waals surface area (Å²) in [5, 5.41) is 10.3. The zero-order valence-corrected chi connectivity index (χ0v) is 14.5. The highest BCUT2D eigenvalue weighted by molar-refractivity contribution is 5.39. The van der Waals surface area contributed by atoms with Crippen LogP contribution >= 0.6 is 0 Å².